The Kier molecular flexibility index (Phi) is 4.12. The lowest BCUT2D eigenvalue weighted by Gasteiger charge is -2.12. The number of unbranched alkanes of at least 4 members (excludes halogenated alkanes) is 1. The Bertz CT molecular complexity index is 142. The van der Waals surface area contributed by atoms with Gasteiger partial charge in [0, 0.05) is 29.7 Å². The summed E-state index contributed by atoms with van der Waals surface area (Å²) in [5.74, 6) is 0.701. The Balaban J connectivity index is 2.08. The summed E-state index contributed by atoms with van der Waals surface area (Å²) >= 11 is 4.71. The number of hydrogen-bond acceptors (Lipinski definition) is 2. The molecule has 1 aliphatic heterocycles. The second kappa shape index (κ2) is 4.91. The van der Waals surface area contributed by atoms with E-state index in [4.69, 9.17) is 11.6 Å². The molecule has 1 heterocycles. The van der Waals surface area contributed by atoms with Crippen LogP contribution in [0.3, 0.4) is 0 Å². The van der Waals surface area contributed by atoms with Crippen LogP contribution < -0.4 is 5.32 Å². The zero-order valence-electron chi connectivity index (χ0n) is 6.25. The maximum Gasteiger partial charge on any atom is 0.190 e. The molecule has 2 unspecified atom stereocenters. The lowest BCUT2D eigenvalue weighted by Crippen LogP contribution is -2.26. The van der Waals surface area contributed by atoms with Gasteiger partial charge in [-0.25, -0.2) is 0 Å². The Hall–Kier alpha value is 0.140. The van der Waals surface area contributed by atoms with Crippen LogP contribution in [-0.2, 0) is 11.2 Å². The Morgan fingerprint density at radius 1 is 1.55 bits per heavy atom. The maximum absolute atomic E-state index is 11.1. The largest absolute Gasteiger partial charge is 0.610 e. The average Bonchev–Trinajstić information content (AvgIpc) is 2.37. The summed E-state index contributed by atoms with van der Waals surface area (Å²) < 4.78 is 11.1. The molecule has 0 fully saturated rings. The molecule has 1 rings (SSSR count). The summed E-state index contributed by atoms with van der Waals surface area (Å²) in [6.45, 7) is 0. The Morgan fingerprint density at radius 2 is 2.36 bits per heavy atom. The van der Waals surface area contributed by atoms with Crippen molar-refractivity contribution < 1.29 is 4.55 Å². The van der Waals surface area contributed by atoms with E-state index in [0.717, 1.165) is 19.3 Å². The van der Waals surface area contributed by atoms with E-state index >= 15 is 0 Å². The third-order valence-corrected chi connectivity index (χ3v) is 3.22. The molecule has 0 aromatic rings. The first-order chi connectivity index (χ1) is 5.34. The average molecular weight is 194 g/mol. The minimum absolute atomic E-state index is 0.137. The van der Waals surface area contributed by atoms with Gasteiger partial charge in [0.15, 0.2) is 5.37 Å². The Morgan fingerprint density at radius 3 is 2.91 bits per heavy atom. The van der Waals surface area contributed by atoms with Crippen molar-refractivity contribution in [3.63, 3.8) is 0 Å². The van der Waals surface area contributed by atoms with E-state index in [-0.39, 0.29) is 5.37 Å². The fourth-order valence-electron chi connectivity index (χ4n) is 0.999. The summed E-state index contributed by atoms with van der Waals surface area (Å²) in [5.41, 5.74) is 0. The molecule has 0 aromatic heterocycles. The predicted molar refractivity (Wildman–Crippen MR) is 48.8 cm³/mol. The molecule has 0 bridgehead atoms. The summed E-state index contributed by atoms with van der Waals surface area (Å²) in [6, 6.07) is 0. The fourth-order valence-corrected chi connectivity index (χ4v) is 2.20. The second-order valence-electron chi connectivity index (χ2n) is 2.47. The van der Waals surface area contributed by atoms with Gasteiger partial charge >= 0.3 is 0 Å². The van der Waals surface area contributed by atoms with Gasteiger partial charge in [-0.05, 0) is 12.8 Å². The third kappa shape index (κ3) is 2.93. The van der Waals surface area contributed by atoms with Crippen LogP contribution >= 0.6 is 11.6 Å². The molecular formula is C7H12ClNOS. The van der Waals surface area contributed by atoms with Gasteiger partial charge in [-0.1, -0.05) is 0 Å². The molecule has 4 heteroatoms. The molecule has 0 saturated heterocycles. The second-order valence-corrected chi connectivity index (χ2v) is 4.35. The molecular weight excluding hydrogens is 182 g/mol. The van der Waals surface area contributed by atoms with Crippen LogP contribution in [0.1, 0.15) is 19.3 Å². The van der Waals surface area contributed by atoms with Crippen LogP contribution in [0.2, 0.25) is 0 Å². The van der Waals surface area contributed by atoms with Crippen molar-refractivity contribution in [1.29, 1.82) is 0 Å². The maximum atomic E-state index is 11.1. The molecule has 0 amide bonds. The van der Waals surface area contributed by atoms with Crippen molar-refractivity contribution in [2.24, 2.45) is 0 Å². The molecule has 0 spiro atoms. The van der Waals surface area contributed by atoms with Gasteiger partial charge in [0.2, 0.25) is 0 Å². The van der Waals surface area contributed by atoms with Gasteiger partial charge in [0.1, 0.15) is 5.41 Å². The zero-order valence-corrected chi connectivity index (χ0v) is 7.83. The fraction of sp³-hybridized carbons (Fsp3) is 0.714. The van der Waals surface area contributed by atoms with Gasteiger partial charge in [-0.2, -0.15) is 0 Å². The normalized spacial score (nSPS) is 28.9. The van der Waals surface area contributed by atoms with Gasteiger partial charge in [0.05, 0.1) is 0 Å². The predicted octanol–water partition coefficient (Wildman–Crippen LogP) is 1.54. The number of rotatable bonds is 4. The third-order valence-electron chi connectivity index (χ3n) is 1.61. The van der Waals surface area contributed by atoms with Crippen molar-refractivity contribution in [3.8, 4) is 0 Å². The van der Waals surface area contributed by atoms with Crippen LogP contribution in [0.25, 0.3) is 0 Å². The first-order valence-electron chi connectivity index (χ1n) is 3.72. The highest BCUT2D eigenvalue weighted by Gasteiger charge is 2.22. The molecule has 0 aliphatic carbocycles. The summed E-state index contributed by atoms with van der Waals surface area (Å²) in [5, 5.41) is 4.88. The van der Waals surface area contributed by atoms with E-state index in [1.165, 1.54) is 0 Å². The quantitative estimate of drug-likeness (QED) is 0.418. The van der Waals surface area contributed by atoms with Gasteiger partial charge in [0.25, 0.3) is 0 Å². The lowest BCUT2D eigenvalue weighted by molar-refractivity contribution is 0.563. The van der Waals surface area contributed by atoms with E-state index in [2.05, 4.69) is 5.32 Å². The molecule has 11 heavy (non-hydrogen) atoms. The van der Waals surface area contributed by atoms with E-state index in [9.17, 15) is 4.55 Å². The minimum atomic E-state index is -0.799. The zero-order chi connectivity index (χ0) is 8.10. The summed E-state index contributed by atoms with van der Waals surface area (Å²) in [7, 11) is 0. The molecule has 64 valence electrons. The molecule has 2 atom stereocenters. The van der Waals surface area contributed by atoms with Crippen LogP contribution in [-0.4, -0.2) is 15.8 Å². The SMILES string of the molecule is [O-][S+]1C=CNC1CCCCCl. The van der Waals surface area contributed by atoms with E-state index in [1.807, 2.05) is 0 Å². The van der Waals surface area contributed by atoms with Gasteiger partial charge in [-0.15, -0.1) is 11.6 Å². The lowest BCUT2D eigenvalue weighted by atomic mass is 10.2. The van der Waals surface area contributed by atoms with Crippen LogP contribution in [0.4, 0.5) is 0 Å². The number of halogens is 1. The van der Waals surface area contributed by atoms with Crippen LogP contribution in [0, 0.1) is 0 Å². The van der Waals surface area contributed by atoms with Crippen molar-refractivity contribution in [2.45, 2.75) is 24.6 Å². The molecule has 0 radical (unpaired) electrons. The number of hydrogen-bond donors (Lipinski definition) is 1. The number of alkyl halides is 1. The first kappa shape index (κ1) is 9.23. The summed E-state index contributed by atoms with van der Waals surface area (Å²) in [6.07, 6.45) is 4.78. The first-order valence-corrected chi connectivity index (χ1v) is 5.53. The highest BCUT2D eigenvalue weighted by Crippen LogP contribution is 2.14. The van der Waals surface area contributed by atoms with Crippen LogP contribution in [0.5, 0.6) is 0 Å². The highest BCUT2D eigenvalue weighted by atomic mass is 35.5. The van der Waals surface area contributed by atoms with Crippen LogP contribution in [0.15, 0.2) is 11.6 Å². The molecule has 2 nitrogen and oxygen atoms in total. The van der Waals surface area contributed by atoms with Crippen molar-refractivity contribution >= 4 is 22.8 Å². The topological polar surface area (TPSA) is 35.1 Å². The van der Waals surface area contributed by atoms with Gasteiger partial charge < -0.3 is 9.87 Å². The monoisotopic (exact) mass is 193 g/mol. The Labute approximate surface area is 75.2 Å². The van der Waals surface area contributed by atoms with E-state index in [0.29, 0.717) is 5.88 Å². The smallest absolute Gasteiger partial charge is 0.190 e. The molecule has 0 saturated carbocycles. The highest BCUT2D eigenvalue weighted by molar-refractivity contribution is 7.95. The van der Waals surface area contributed by atoms with Gasteiger partial charge in [-0.3, -0.25) is 0 Å². The number of nitrogens with one attached hydrogen (secondary N) is 1. The minimum Gasteiger partial charge on any atom is -0.610 e. The van der Waals surface area contributed by atoms with E-state index < -0.39 is 11.2 Å². The standard InChI is InChI=1S/C7H12ClNOS/c8-4-2-1-3-7-9-5-6-11(7)10/h5-7,9H,1-4H2. The van der Waals surface area contributed by atoms with Crippen molar-refractivity contribution in [1.82, 2.24) is 5.32 Å². The molecule has 1 aliphatic rings. The molecule has 0 aromatic carbocycles. The van der Waals surface area contributed by atoms with Crippen molar-refractivity contribution in [3.05, 3.63) is 11.6 Å². The van der Waals surface area contributed by atoms with Crippen molar-refractivity contribution in [2.75, 3.05) is 5.88 Å². The summed E-state index contributed by atoms with van der Waals surface area (Å²) in [4.78, 5) is 0. The van der Waals surface area contributed by atoms with E-state index in [1.54, 1.807) is 11.6 Å². The molecule has 1 N–H and O–H groups in total.